The number of barbiturate groups is 1. The highest BCUT2D eigenvalue weighted by Gasteiger charge is 2.36. The number of amides is 4. The molecule has 200 valence electrons. The van der Waals surface area contributed by atoms with Gasteiger partial charge in [0.25, 0.3) is 17.5 Å². The number of hydrogen-bond acceptors (Lipinski definition) is 7. The van der Waals surface area contributed by atoms with Crippen LogP contribution in [-0.4, -0.2) is 29.4 Å². The molecular formula is C28H24ClN3O7. The molecule has 4 rings (SSSR count). The first-order valence-electron chi connectivity index (χ1n) is 12.1. The van der Waals surface area contributed by atoms with Gasteiger partial charge in [-0.3, -0.25) is 25.0 Å². The van der Waals surface area contributed by atoms with E-state index in [0.717, 1.165) is 17.7 Å². The molecule has 0 spiro atoms. The summed E-state index contributed by atoms with van der Waals surface area (Å²) in [5.41, 5.74) is 0.987. The Labute approximate surface area is 228 Å². The minimum absolute atomic E-state index is 0.0439. The lowest BCUT2D eigenvalue weighted by Gasteiger charge is -2.26. The quantitative estimate of drug-likeness (QED) is 0.113. The Bertz CT molecular complexity index is 1450. The number of non-ortho nitro benzene ring substituents is 1. The fourth-order valence-corrected chi connectivity index (χ4v) is 3.97. The van der Waals surface area contributed by atoms with E-state index in [1.165, 1.54) is 24.3 Å². The normalized spacial score (nSPS) is 14.4. The van der Waals surface area contributed by atoms with Crippen molar-refractivity contribution in [2.45, 2.75) is 26.4 Å². The lowest BCUT2D eigenvalue weighted by atomic mass is 10.1. The van der Waals surface area contributed by atoms with Crippen LogP contribution in [0.5, 0.6) is 11.5 Å². The van der Waals surface area contributed by atoms with Crippen molar-refractivity contribution in [2.24, 2.45) is 0 Å². The standard InChI is InChI=1S/C28H24ClN3O7/c1-2-3-13-38-22-10-8-20(9-11-22)31-27(34)23(26(33)30-28(31)35)15-18-7-12-25(24(29)16-18)39-17-19-5-4-6-21(14-19)32(36)37/h4-12,14-16H,2-3,13,17H2,1H3,(H,30,33,35)/b23-15-. The summed E-state index contributed by atoms with van der Waals surface area (Å²) in [5.74, 6) is -0.706. The molecule has 0 aromatic heterocycles. The highest BCUT2D eigenvalue weighted by atomic mass is 35.5. The number of halogens is 1. The van der Waals surface area contributed by atoms with Crippen molar-refractivity contribution in [3.05, 3.63) is 98.6 Å². The summed E-state index contributed by atoms with van der Waals surface area (Å²) in [4.78, 5) is 49.5. The predicted molar refractivity (Wildman–Crippen MR) is 145 cm³/mol. The zero-order valence-electron chi connectivity index (χ0n) is 20.9. The maximum atomic E-state index is 13.2. The monoisotopic (exact) mass is 549 g/mol. The van der Waals surface area contributed by atoms with Gasteiger partial charge in [0.05, 0.1) is 22.2 Å². The van der Waals surface area contributed by atoms with Crippen LogP contribution in [0, 0.1) is 10.1 Å². The average Bonchev–Trinajstić information content (AvgIpc) is 2.91. The van der Waals surface area contributed by atoms with E-state index in [0.29, 0.717) is 29.2 Å². The van der Waals surface area contributed by atoms with E-state index in [-0.39, 0.29) is 28.6 Å². The van der Waals surface area contributed by atoms with Gasteiger partial charge in [-0.15, -0.1) is 0 Å². The number of rotatable bonds is 10. The first kappa shape index (κ1) is 27.3. The number of urea groups is 1. The summed E-state index contributed by atoms with van der Waals surface area (Å²) in [6, 6.07) is 16.3. The van der Waals surface area contributed by atoms with Crippen LogP contribution in [0.15, 0.2) is 72.3 Å². The third-order valence-electron chi connectivity index (χ3n) is 5.75. The first-order chi connectivity index (χ1) is 18.8. The summed E-state index contributed by atoms with van der Waals surface area (Å²) in [6.45, 7) is 2.66. The van der Waals surface area contributed by atoms with Crippen LogP contribution in [0.4, 0.5) is 16.2 Å². The van der Waals surface area contributed by atoms with Gasteiger partial charge in [0.2, 0.25) is 0 Å². The molecule has 0 bridgehead atoms. The van der Waals surface area contributed by atoms with Crippen LogP contribution < -0.4 is 19.7 Å². The molecule has 39 heavy (non-hydrogen) atoms. The molecule has 0 aliphatic carbocycles. The Morgan fingerprint density at radius 1 is 1.03 bits per heavy atom. The summed E-state index contributed by atoms with van der Waals surface area (Å²) < 4.78 is 11.3. The molecule has 0 atom stereocenters. The van der Waals surface area contributed by atoms with E-state index in [1.807, 2.05) is 0 Å². The summed E-state index contributed by atoms with van der Waals surface area (Å²) >= 11 is 6.35. The van der Waals surface area contributed by atoms with Gasteiger partial charge in [0.15, 0.2) is 0 Å². The molecule has 1 aliphatic rings. The number of nitro groups is 1. The SMILES string of the molecule is CCCCOc1ccc(N2C(=O)NC(=O)/C(=C/c3ccc(OCc4cccc([N+](=O)[O-])c4)c(Cl)c3)C2=O)cc1. The van der Waals surface area contributed by atoms with Crippen molar-refractivity contribution in [3.8, 4) is 11.5 Å². The molecule has 0 unspecified atom stereocenters. The van der Waals surface area contributed by atoms with Gasteiger partial charge < -0.3 is 9.47 Å². The first-order valence-corrected chi connectivity index (χ1v) is 12.4. The Kier molecular flexibility index (Phi) is 8.57. The van der Waals surface area contributed by atoms with Gasteiger partial charge in [-0.1, -0.05) is 43.1 Å². The van der Waals surface area contributed by atoms with Crippen LogP contribution in [0.25, 0.3) is 6.08 Å². The Morgan fingerprint density at radius 3 is 2.49 bits per heavy atom. The van der Waals surface area contributed by atoms with Gasteiger partial charge >= 0.3 is 6.03 Å². The van der Waals surface area contributed by atoms with Gasteiger partial charge in [0, 0.05) is 12.1 Å². The second-order valence-corrected chi connectivity index (χ2v) is 8.97. The number of carbonyl (C=O) groups is 3. The molecule has 3 aromatic carbocycles. The van der Waals surface area contributed by atoms with Crippen molar-refractivity contribution in [1.82, 2.24) is 5.32 Å². The van der Waals surface area contributed by atoms with Crippen LogP contribution >= 0.6 is 11.6 Å². The fraction of sp³-hybridized carbons (Fsp3) is 0.179. The van der Waals surface area contributed by atoms with E-state index in [2.05, 4.69) is 12.2 Å². The largest absolute Gasteiger partial charge is 0.494 e. The molecule has 1 saturated heterocycles. The number of hydrogen-bond donors (Lipinski definition) is 1. The summed E-state index contributed by atoms with van der Waals surface area (Å²) in [5, 5.41) is 13.3. The number of nitrogens with zero attached hydrogens (tertiary/aromatic N) is 2. The van der Waals surface area contributed by atoms with Gasteiger partial charge in [-0.2, -0.15) is 0 Å². The van der Waals surface area contributed by atoms with E-state index in [9.17, 15) is 24.5 Å². The van der Waals surface area contributed by atoms with Crippen LogP contribution in [-0.2, 0) is 16.2 Å². The summed E-state index contributed by atoms with van der Waals surface area (Å²) in [6.07, 6.45) is 3.22. The highest BCUT2D eigenvalue weighted by molar-refractivity contribution is 6.39. The van der Waals surface area contributed by atoms with Crippen LogP contribution in [0.2, 0.25) is 5.02 Å². The number of ether oxygens (including phenoxy) is 2. The number of unbranched alkanes of at least 4 members (excludes halogenated alkanes) is 1. The number of imide groups is 2. The van der Waals surface area contributed by atoms with E-state index in [4.69, 9.17) is 21.1 Å². The Balaban J connectivity index is 1.49. The molecule has 1 aliphatic heterocycles. The zero-order valence-corrected chi connectivity index (χ0v) is 21.6. The fourth-order valence-electron chi connectivity index (χ4n) is 3.73. The Hall–Kier alpha value is -4.70. The summed E-state index contributed by atoms with van der Waals surface area (Å²) in [7, 11) is 0. The van der Waals surface area contributed by atoms with E-state index >= 15 is 0 Å². The molecule has 1 heterocycles. The molecule has 1 fully saturated rings. The number of anilines is 1. The third kappa shape index (κ3) is 6.60. The van der Waals surface area contributed by atoms with Crippen molar-refractivity contribution in [3.63, 3.8) is 0 Å². The average molecular weight is 550 g/mol. The smallest absolute Gasteiger partial charge is 0.335 e. The molecule has 10 nitrogen and oxygen atoms in total. The Morgan fingerprint density at radius 2 is 1.79 bits per heavy atom. The number of nitro benzene ring substituents is 1. The van der Waals surface area contributed by atoms with Crippen LogP contribution in [0.1, 0.15) is 30.9 Å². The van der Waals surface area contributed by atoms with Crippen molar-refractivity contribution in [1.29, 1.82) is 0 Å². The second-order valence-electron chi connectivity index (χ2n) is 8.56. The molecule has 0 saturated carbocycles. The lowest BCUT2D eigenvalue weighted by molar-refractivity contribution is -0.384. The number of nitrogens with one attached hydrogen (secondary N) is 1. The van der Waals surface area contributed by atoms with Gasteiger partial charge in [-0.25, -0.2) is 9.69 Å². The highest BCUT2D eigenvalue weighted by Crippen LogP contribution is 2.29. The number of benzene rings is 3. The molecule has 1 N–H and O–H groups in total. The topological polar surface area (TPSA) is 128 Å². The second kappa shape index (κ2) is 12.2. The maximum absolute atomic E-state index is 13.2. The van der Waals surface area contributed by atoms with Crippen molar-refractivity contribution in [2.75, 3.05) is 11.5 Å². The van der Waals surface area contributed by atoms with E-state index < -0.39 is 22.8 Å². The molecule has 0 radical (unpaired) electrons. The lowest BCUT2D eigenvalue weighted by Crippen LogP contribution is -2.54. The van der Waals surface area contributed by atoms with Gasteiger partial charge in [-0.05, 0) is 60.0 Å². The van der Waals surface area contributed by atoms with E-state index in [1.54, 1.807) is 48.5 Å². The molecule has 3 aromatic rings. The third-order valence-corrected chi connectivity index (χ3v) is 6.04. The van der Waals surface area contributed by atoms with Crippen LogP contribution in [0.3, 0.4) is 0 Å². The minimum atomic E-state index is -0.857. The molecular weight excluding hydrogens is 526 g/mol. The minimum Gasteiger partial charge on any atom is -0.494 e. The zero-order chi connectivity index (χ0) is 27.9. The van der Waals surface area contributed by atoms with Crippen molar-refractivity contribution >= 4 is 46.9 Å². The molecule has 4 amide bonds. The predicted octanol–water partition coefficient (Wildman–Crippen LogP) is 5.67. The van der Waals surface area contributed by atoms with Crippen molar-refractivity contribution < 1.29 is 28.8 Å². The number of carbonyl (C=O) groups excluding carboxylic acids is 3. The molecule has 11 heteroatoms. The maximum Gasteiger partial charge on any atom is 0.335 e. The van der Waals surface area contributed by atoms with Gasteiger partial charge in [0.1, 0.15) is 23.7 Å².